The van der Waals surface area contributed by atoms with E-state index in [1.165, 1.54) is 6.92 Å². The van der Waals surface area contributed by atoms with E-state index in [1.54, 1.807) is 19.1 Å². The topological polar surface area (TPSA) is 94.1 Å². The number of ether oxygens (including phenoxy) is 3. The van der Waals surface area contributed by atoms with Gasteiger partial charge in [0, 0.05) is 13.3 Å². The minimum atomic E-state index is -0.762. The molecule has 202 valence electrons. The minimum absolute atomic E-state index is 0.242. The molecule has 3 rings (SSSR count). The van der Waals surface area contributed by atoms with Crippen LogP contribution >= 0.6 is 136 Å². The molecule has 0 saturated heterocycles. The maximum Gasteiger partial charge on any atom is 0.328 e. The lowest BCUT2D eigenvalue weighted by molar-refractivity contribution is -0.147. The van der Waals surface area contributed by atoms with E-state index in [4.69, 9.17) is 14.2 Å². The minimum Gasteiger partial charge on any atom is -0.506 e. The van der Waals surface area contributed by atoms with Crippen LogP contribution in [-0.4, -0.2) is 29.6 Å². The number of carbonyl (C=O) groups is 2. The molecule has 0 radical (unpaired) electrons. The van der Waals surface area contributed by atoms with Crippen molar-refractivity contribution >= 4 is 147 Å². The van der Waals surface area contributed by atoms with Gasteiger partial charge in [-0.3, -0.25) is 4.79 Å². The summed E-state index contributed by atoms with van der Waals surface area (Å²) in [6.45, 7) is 3.35. The van der Waals surface area contributed by atoms with Gasteiger partial charge >= 0.3 is 5.97 Å². The van der Waals surface area contributed by atoms with E-state index in [0.717, 1.165) is 19.8 Å². The zero-order valence-corrected chi connectivity index (χ0v) is 32.7. The van der Waals surface area contributed by atoms with Crippen LogP contribution in [0.25, 0.3) is 0 Å². The molecule has 13 heteroatoms. The molecule has 1 amide bonds. The van der Waals surface area contributed by atoms with E-state index >= 15 is 0 Å². The molecule has 0 bridgehead atoms. The highest BCUT2D eigenvalue weighted by Gasteiger charge is 2.23. The number of benzene rings is 3. The number of phenolic OH excluding ortho intramolecular Hbond substituents is 1. The third kappa shape index (κ3) is 8.94. The van der Waals surface area contributed by atoms with Crippen molar-refractivity contribution in [3.63, 3.8) is 0 Å². The van der Waals surface area contributed by atoms with Gasteiger partial charge in [-0.25, -0.2) is 4.79 Å². The molecule has 0 aliphatic carbocycles. The van der Waals surface area contributed by atoms with Gasteiger partial charge in [-0.2, -0.15) is 0 Å². The van der Waals surface area contributed by atoms with Gasteiger partial charge in [0.1, 0.15) is 23.3 Å². The van der Waals surface area contributed by atoms with Crippen molar-refractivity contribution in [2.24, 2.45) is 0 Å². The molecule has 0 aliphatic heterocycles. The van der Waals surface area contributed by atoms with E-state index in [0.29, 0.717) is 36.6 Å². The number of aromatic hydroxyl groups is 1. The highest BCUT2D eigenvalue weighted by Crippen LogP contribution is 2.40. The second-order valence-electron chi connectivity index (χ2n) is 7.75. The predicted molar refractivity (Wildman–Crippen MR) is 195 cm³/mol. The summed E-state index contributed by atoms with van der Waals surface area (Å²) in [6, 6.07) is 10.5. The summed E-state index contributed by atoms with van der Waals surface area (Å²) < 4.78 is 22.5. The Morgan fingerprint density at radius 2 is 1.21 bits per heavy atom. The Labute approximate surface area is 302 Å². The van der Waals surface area contributed by atoms with Crippen LogP contribution in [0.3, 0.4) is 0 Å². The summed E-state index contributed by atoms with van der Waals surface area (Å²) in [5, 5.41) is 12.7. The quantitative estimate of drug-likeness (QED) is 0.166. The number of nitrogens with one attached hydrogen (secondary N) is 1. The van der Waals surface area contributed by atoms with Crippen LogP contribution in [0.15, 0.2) is 36.4 Å². The first-order valence-electron chi connectivity index (χ1n) is 10.8. The van der Waals surface area contributed by atoms with Crippen LogP contribution in [0.2, 0.25) is 0 Å². The van der Waals surface area contributed by atoms with E-state index in [-0.39, 0.29) is 18.3 Å². The van der Waals surface area contributed by atoms with Gasteiger partial charge in [0.25, 0.3) is 0 Å². The summed E-state index contributed by atoms with van der Waals surface area (Å²) in [4.78, 5) is 23.9. The van der Waals surface area contributed by atoms with Gasteiger partial charge in [0.2, 0.25) is 5.91 Å². The van der Waals surface area contributed by atoms with E-state index in [9.17, 15) is 14.7 Å². The van der Waals surface area contributed by atoms with E-state index < -0.39 is 12.0 Å². The molecule has 0 heterocycles. The number of halogens is 6. The molecule has 0 aliphatic rings. The normalized spacial score (nSPS) is 11.6. The third-order valence-electron chi connectivity index (χ3n) is 4.85. The molecule has 2 N–H and O–H groups in total. The fraction of sp³-hybridized carbons (Fsp3) is 0.200. The lowest BCUT2D eigenvalue weighted by Crippen LogP contribution is -2.42. The molecule has 3 aromatic carbocycles. The number of phenols is 1. The van der Waals surface area contributed by atoms with Crippen LogP contribution in [0.1, 0.15) is 19.4 Å². The number of amides is 1. The van der Waals surface area contributed by atoms with Gasteiger partial charge < -0.3 is 24.6 Å². The Balaban J connectivity index is 1.83. The molecule has 0 spiro atoms. The fourth-order valence-electron chi connectivity index (χ4n) is 3.27. The molecule has 7 nitrogen and oxygen atoms in total. The maximum atomic E-state index is 12.3. The fourth-order valence-corrected chi connectivity index (χ4v) is 9.03. The van der Waals surface area contributed by atoms with Crippen molar-refractivity contribution < 1.29 is 28.9 Å². The number of carbonyl (C=O) groups excluding carboxylic acids is 2. The second-order valence-corrected chi connectivity index (χ2v) is 14.7. The predicted octanol–water partition coefficient (Wildman–Crippen LogP) is 8.21. The maximum absolute atomic E-state index is 12.3. The van der Waals surface area contributed by atoms with Crippen LogP contribution < -0.4 is 14.8 Å². The lowest BCUT2D eigenvalue weighted by Gasteiger charge is -2.18. The van der Waals surface area contributed by atoms with Gasteiger partial charge in [-0.15, -0.1) is 0 Å². The Morgan fingerprint density at radius 1 is 0.789 bits per heavy atom. The van der Waals surface area contributed by atoms with Crippen molar-refractivity contribution in [3.05, 3.63) is 63.4 Å². The SMILES string of the molecule is CCOC(=O)C(Cc1cc(I)c(Oc2cc(I)c(Oc3cc(I)c(O)c(I)c3)c(I)c2)c(I)c1)NC(C)=O. The number of rotatable bonds is 9. The van der Waals surface area contributed by atoms with E-state index in [2.05, 4.69) is 141 Å². The van der Waals surface area contributed by atoms with Crippen LogP contribution in [0, 0.1) is 21.4 Å². The molecule has 1 unspecified atom stereocenters. The third-order valence-corrected chi connectivity index (χ3v) is 9.70. The summed E-state index contributed by atoms with van der Waals surface area (Å²) in [5.74, 6) is 2.20. The Bertz CT molecular complexity index is 1310. The molecular formula is C25H19I6NO6. The van der Waals surface area contributed by atoms with Crippen LogP contribution in [0.4, 0.5) is 0 Å². The molecule has 0 saturated carbocycles. The van der Waals surface area contributed by atoms with E-state index in [1.807, 2.05) is 24.3 Å². The molecule has 1 atom stereocenters. The van der Waals surface area contributed by atoms with Crippen molar-refractivity contribution in [1.29, 1.82) is 0 Å². The lowest BCUT2D eigenvalue weighted by atomic mass is 10.1. The number of esters is 1. The summed E-state index contributed by atoms with van der Waals surface area (Å²) in [5.41, 5.74) is 0.879. The van der Waals surface area contributed by atoms with Gasteiger partial charge in [-0.1, -0.05) is 0 Å². The van der Waals surface area contributed by atoms with Gasteiger partial charge in [0.15, 0.2) is 11.5 Å². The molecular weight excluding hydrogens is 1170 g/mol. The average molecular weight is 1190 g/mol. The Kier molecular flexibility index (Phi) is 13.0. The summed E-state index contributed by atoms with van der Waals surface area (Å²) in [6.07, 6.45) is 0.307. The van der Waals surface area contributed by atoms with Crippen molar-refractivity contribution in [1.82, 2.24) is 5.32 Å². The smallest absolute Gasteiger partial charge is 0.328 e. The first-order valence-corrected chi connectivity index (χ1v) is 17.3. The van der Waals surface area contributed by atoms with Crippen molar-refractivity contribution in [3.8, 4) is 28.7 Å². The van der Waals surface area contributed by atoms with Crippen molar-refractivity contribution in [2.45, 2.75) is 26.3 Å². The van der Waals surface area contributed by atoms with Crippen LogP contribution in [-0.2, 0) is 20.7 Å². The molecule has 38 heavy (non-hydrogen) atoms. The highest BCUT2D eigenvalue weighted by molar-refractivity contribution is 14.1. The number of hydrogen-bond acceptors (Lipinski definition) is 6. The second kappa shape index (κ2) is 15.0. The summed E-state index contributed by atoms with van der Waals surface area (Å²) in [7, 11) is 0. The summed E-state index contributed by atoms with van der Waals surface area (Å²) >= 11 is 13.0. The van der Waals surface area contributed by atoms with Gasteiger partial charge in [0.05, 0.1) is 28.0 Å². The zero-order chi connectivity index (χ0) is 28.1. The molecule has 3 aromatic rings. The van der Waals surface area contributed by atoms with Crippen molar-refractivity contribution in [2.75, 3.05) is 6.61 Å². The highest BCUT2D eigenvalue weighted by atomic mass is 127. The van der Waals surface area contributed by atoms with Gasteiger partial charge in [-0.05, 0) is 184 Å². The number of hydrogen-bond donors (Lipinski definition) is 2. The molecule has 0 fully saturated rings. The average Bonchev–Trinajstić information content (AvgIpc) is 2.81. The standard InChI is InChI=1S/C25H19I6NO6/c1-3-36-25(35)21(32-11(2)33)6-12-4-17(28)23(18(29)5-12)38-14-9-19(30)24(20(31)10-14)37-13-7-15(26)22(34)16(27)8-13/h4-5,7-10,21,34H,3,6H2,1-2H3,(H,32,33). The Morgan fingerprint density at radius 3 is 1.63 bits per heavy atom. The van der Waals surface area contributed by atoms with Crippen LogP contribution in [0.5, 0.6) is 28.7 Å². The first kappa shape index (κ1) is 32.9. The zero-order valence-electron chi connectivity index (χ0n) is 19.7. The molecule has 0 aromatic heterocycles. The Hall–Kier alpha value is 0.380. The first-order chi connectivity index (χ1) is 17.9. The monoisotopic (exact) mass is 1190 g/mol. The largest absolute Gasteiger partial charge is 0.506 e.